The van der Waals surface area contributed by atoms with E-state index in [1.54, 1.807) is 18.0 Å². The lowest BCUT2D eigenvalue weighted by Crippen LogP contribution is -2.04. The molecule has 19 heavy (non-hydrogen) atoms. The fraction of sp³-hybridized carbons (Fsp3) is 0.429. The van der Waals surface area contributed by atoms with E-state index in [-0.39, 0.29) is 0 Å². The summed E-state index contributed by atoms with van der Waals surface area (Å²) in [6.07, 6.45) is 4.14. The molecular weight excluding hydrogens is 258 g/mol. The third-order valence-electron chi connectivity index (χ3n) is 3.32. The van der Waals surface area contributed by atoms with Crippen molar-refractivity contribution in [3.63, 3.8) is 0 Å². The molecule has 0 radical (unpaired) electrons. The Morgan fingerprint density at radius 2 is 2.11 bits per heavy atom. The lowest BCUT2D eigenvalue weighted by Gasteiger charge is -2.11. The van der Waals surface area contributed by atoms with Gasteiger partial charge in [-0.1, -0.05) is 11.8 Å². The number of anilines is 1. The van der Waals surface area contributed by atoms with Crippen molar-refractivity contribution in [2.45, 2.75) is 42.5 Å². The summed E-state index contributed by atoms with van der Waals surface area (Å²) >= 11 is 1.65. The zero-order chi connectivity index (χ0) is 13.4. The van der Waals surface area contributed by atoms with Gasteiger partial charge in [-0.05, 0) is 32.8 Å². The highest BCUT2D eigenvalue weighted by Crippen LogP contribution is 2.41. The predicted octanol–water partition coefficient (Wildman–Crippen LogP) is 3.76. The van der Waals surface area contributed by atoms with E-state index in [0.717, 1.165) is 32.9 Å². The topological polar surface area (TPSA) is 51.0 Å². The third kappa shape index (κ3) is 2.47. The van der Waals surface area contributed by atoms with E-state index >= 15 is 0 Å². The number of furan rings is 1. The standard InChI is InChI=1S/C14H17N3OS/c1-8-12(15-3)16-13(10-4-5-10)17-14(8)19-11-6-7-18-9(11)2/h6-7,10H,4-5H2,1-3H3,(H,15,16,17). The van der Waals surface area contributed by atoms with Gasteiger partial charge in [0.05, 0.1) is 11.2 Å². The van der Waals surface area contributed by atoms with Gasteiger partial charge in [0.1, 0.15) is 22.4 Å². The van der Waals surface area contributed by atoms with Crippen molar-refractivity contribution in [2.75, 3.05) is 12.4 Å². The first-order chi connectivity index (χ1) is 9.19. The van der Waals surface area contributed by atoms with E-state index in [1.807, 2.05) is 20.0 Å². The molecule has 0 aromatic carbocycles. The number of aryl methyl sites for hydroxylation is 1. The molecular formula is C14H17N3OS. The van der Waals surface area contributed by atoms with Crippen molar-refractivity contribution in [3.8, 4) is 0 Å². The minimum atomic E-state index is 0.553. The summed E-state index contributed by atoms with van der Waals surface area (Å²) in [5.41, 5.74) is 1.09. The maximum atomic E-state index is 5.34. The summed E-state index contributed by atoms with van der Waals surface area (Å²) in [4.78, 5) is 10.5. The second kappa shape index (κ2) is 4.89. The van der Waals surface area contributed by atoms with E-state index in [4.69, 9.17) is 9.40 Å². The summed E-state index contributed by atoms with van der Waals surface area (Å²) in [6.45, 7) is 4.03. The van der Waals surface area contributed by atoms with Crippen molar-refractivity contribution in [1.29, 1.82) is 0 Å². The van der Waals surface area contributed by atoms with Crippen LogP contribution in [0.2, 0.25) is 0 Å². The van der Waals surface area contributed by atoms with Gasteiger partial charge in [-0.2, -0.15) is 0 Å². The second-order valence-corrected chi connectivity index (χ2v) is 5.86. The van der Waals surface area contributed by atoms with E-state index in [1.165, 1.54) is 12.8 Å². The quantitative estimate of drug-likeness (QED) is 0.861. The van der Waals surface area contributed by atoms with Crippen LogP contribution in [0.3, 0.4) is 0 Å². The zero-order valence-electron chi connectivity index (χ0n) is 11.4. The van der Waals surface area contributed by atoms with Gasteiger partial charge in [0.2, 0.25) is 0 Å². The van der Waals surface area contributed by atoms with E-state index < -0.39 is 0 Å². The molecule has 1 fully saturated rings. The van der Waals surface area contributed by atoms with Gasteiger partial charge in [0.25, 0.3) is 0 Å². The van der Waals surface area contributed by atoms with Gasteiger partial charge in [-0.15, -0.1) is 0 Å². The maximum Gasteiger partial charge on any atom is 0.135 e. The molecule has 5 heteroatoms. The molecule has 1 aliphatic rings. The van der Waals surface area contributed by atoms with Crippen LogP contribution in [-0.2, 0) is 0 Å². The highest BCUT2D eigenvalue weighted by molar-refractivity contribution is 7.99. The van der Waals surface area contributed by atoms with E-state index in [2.05, 4.69) is 17.2 Å². The Hall–Kier alpha value is -1.49. The molecule has 0 saturated heterocycles. The Bertz CT molecular complexity index is 605. The van der Waals surface area contributed by atoms with Crippen molar-refractivity contribution < 1.29 is 4.42 Å². The van der Waals surface area contributed by atoms with Gasteiger partial charge in [-0.3, -0.25) is 0 Å². The molecule has 1 aliphatic carbocycles. The molecule has 0 aliphatic heterocycles. The molecule has 2 heterocycles. The van der Waals surface area contributed by atoms with Crippen LogP contribution >= 0.6 is 11.8 Å². The highest BCUT2D eigenvalue weighted by Gasteiger charge is 2.28. The third-order valence-corrected chi connectivity index (χ3v) is 4.55. The molecule has 0 atom stereocenters. The van der Waals surface area contributed by atoms with Crippen molar-refractivity contribution >= 4 is 17.6 Å². The van der Waals surface area contributed by atoms with Gasteiger partial charge in [0, 0.05) is 18.5 Å². The summed E-state index contributed by atoms with van der Waals surface area (Å²) in [5, 5.41) is 4.18. The number of rotatable bonds is 4. The Labute approximate surface area is 117 Å². The van der Waals surface area contributed by atoms with Crippen LogP contribution in [0.4, 0.5) is 5.82 Å². The number of nitrogens with one attached hydrogen (secondary N) is 1. The normalized spacial score (nSPS) is 14.7. The van der Waals surface area contributed by atoms with Crippen LogP contribution < -0.4 is 5.32 Å². The molecule has 3 rings (SSSR count). The Kier molecular flexibility index (Phi) is 3.22. The molecule has 4 nitrogen and oxygen atoms in total. The molecule has 2 aromatic heterocycles. The lowest BCUT2D eigenvalue weighted by molar-refractivity contribution is 0.527. The fourth-order valence-corrected chi connectivity index (χ4v) is 2.88. The molecule has 1 N–H and O–H groups in total. The Morgan fingerprint density at radius 3 is 2.68 bits per heavy atom. The van der Waals surface area contributed by atoms with Crippen molar-refractivity contribution in [3.05, 3.63) is 29.5 Å². The lowest BCUT2D eigenvalue weighted by atomic mass is 10.3. The minimum Gasteiger partial charge on any atom is -0.468 e. The van der Waals surface area contributed by atoms with Crippen LogP contribution in [0.5, 0.6) is 0 Å². The van der Waals surface area contributed by atoms with E-state index in [0.29, 0.717) is 5.92 Å². The zero-order valence-corrected chi connectivity index (χ0v) is 12.2. The summed E-state index contributed by atoms with van der Waals surface area (Å²) in [7, 11) is 1.91. The average molecular weight is 275 g/mol. The van der Waals surface area contributed by atoms with Crippen molar-refractivity contribution in [1.82, 2.24) is 9.97 Å². The first-order valence-corrected chi connectivity index (χ1v) is 7.29. The number of hydrogen-bond donors (Lipinski definition) is 1. The molecule has 0 unspecified atom stereocenters. The predicted molar refractivity (Wildman–Crippen MR) is 75.9 cm³/mol. The maximum absolute atomic E-state index is 5.34. The molecule has 0 amide bonds. The molecule has 100 valence electrons. The summed E-state index contributed by atoms with van der Waals surface area (Å²) in [5.74, 6) is 3.39. The van der Waals surface area contributed by atoms with Crippen LogP contribution in [0, 0.1) is 13.8 Å². The summed E-state index contributed by atoms with van der Waals surface area (Å²) in [6, 6.07) is 1.98. The average Bonchev–Trinajstić information content (AvgIpc) is 3.17. The highest BCUT2D eigenvalue weighted by atomic mass is 32.2. The van der Waals surface area contributed by atoms with Crippen LogP contribution in [-0.4, -0.2) is 17.0 Å². The monoisotopic (exact) mass is 275 g/mol. The number of hydrogen-bond acceptors (Lipinski definition) is 5. The van der Waals surface area contributed by atoms with Crippen molar-refractivity contribution in [2.24, 2.45) is 0 Å². The van der Waals surface area contributed by atoms with Gasteiger partial charge in [-0.25, -0.2) is 9.97 Å². The smallest absolute Gasteiger partial charge is 0.135 e. The second-order valence-electron chi connectivity index (χ2n) is 4.83. The molecule has 0 spiro atoms. The van der Waals surface area contributed by atoms with Gasteiger partial charge in [0.15, 0.2) is 0 Å². The summed E-state index contributed by atoms with van der Waals surface area (Å²) < 4.78 is 5.34. The van der Waals surface area contributed by atoms with Crippen LogP contribution in [0.25, 0.3) is 0 Å². The van der Waals surface area contributed by atoms with Gasteiger partial charge >= 0.3 is 0 Å². The fourth-order valence-electron chi connectivity index (χ4n) is 1.96. The largest absolute Gasteiger partial charge is 0.468 e. The van der Waals surface area contributed by atoms with Gasteiger partial charge < -0.3 is 9.73 Å². The molecule has 0 bridgehead atoms. The molecule has 1 saturated carbocycles. The van der Waals surface area contributed by atoms with E-state index in [9.17, 15) is 0 Å². The first-order valence-electron chi connectivity index (χ1n) is 6.47. The SMILES string of the molecule is CNc1nc(C2CC2)nc(Sc2ccoc2C)c1C. The first kappa shape index (κ1) is 12.5. The Balaban J connectivity index is 1.99. The van der Waals surface area contributed by atoms with Crippen LogP contribution in [0.1, 0.15) is 35.9 Å². The van der Waals surface area contributed by atoms with Crippen LogP contribution in [0.15, 0.2) is 26.7 Å². The molecule has 2 aromatic rings. The minimum absolute atomic E-state index is 0.553. The Morgan fingerprint density at radius 1 is 1.32 bits per heavy atom. The number of nitrogens with zero attached hydrogens (tertiary/aromatic N) is 2. The number of aromatic nitrogens is 2.